The van der Waals surface area contributed by atoms with E-state index < -0.39 is 0 Å². The summed E-state index contributed by atoms with van der Waals surface area (Å²) in [7, 11) is 0. The SMILES string of the molecule is Cc1cc(CC2CCNCC2)ccc1OC(C)C. The third kappa shape index (κ3) is 3.74. The molecule has 1 fully saturated rings. The standard InChI is InChI=1S/C16H25NO/c1-12(2)18-16-5-4-15(10-13(16)3)11-14-6-8-17-9-7-14/h4-5,10,12,14,17H,6-9,11H2,1-3H3. The number of piperidine rings is 1. The smallest absolute Gasteiger partial charge is 0.122 e. The lowest BCUT2D eigenvalue weighted by Gasteiger charge is -2.23. The molecule has 0 bridgehead atoms. The largest absolute Gasteiger partial charge is 0.491 e. The molecule has 1 aliphatic heterocycles. The van der Waals surface area contributed by atoms with Gasteiger partial charge in [0, 0.05) is 0 Å². The Morgan fingerprint density at radius 3 is 2.61 bits per heavy atom. The van der Waals surface area contributed by atoms with Gasteiger partial charge in [-0.25, -0.2) is 0 Å². The summed E-state index contributed by atoms with van der Waals surface area (Å²) in [6.45, 7) is 8.64. The summed E-state index contributed by atoms with van der Waals surface area (Å²) in [6.07, 6.45) is 4.08. The molecular formula is C16H25NO. The summed E-state index contributed by atoms with van der Waals surface area (Å²) in [6, 6.07) is 6.65. The molecule has 0 spiro atoms. The first kappa shape index (κ1) is 13.4. The fourth-order valence-corrected chi connectivity index (χ4v) is 2.64. The first-order valence-corrected chi connectivity index (χ1v) is 7.12. The second kappa shape index (κ2) is 6.24. The molecular weight excluding hydrogens is 222 g/mol. The van der Waals surface area contributed by atoms with Crippen LogP contribution in [0.4, 0.5) is 0 Å². The molecule has 1 heterocycles. The highest BCUT2D eigenvalue weighted by atomic mass is 16.5. The summed E-state index contributed by atoms with van der Waals surface area (Å²) in [5.41, 5.74) is 2.71. The summed E-state index contributed by atoms with van der Waals surface area (Å²) in [4.78, 5) is 0. The van der Waals surface area contributed by atoms with Crippen LogP contribution in [0, 0.1) is 12.8 Å². The van der Waals surface area contributed by atoms with E-state index in [0.29, 0.717) is 0 Å². The highest BCUT2D eigenvalue weighted by molar-refractivity contribution is 5.36. The maximum absolute atomic E-state index is 5.78. The first-order chi connectivity index (χ1) is 8.65. The van der Waals surface area contributed by atoms with E-state index in [4.69, 9.17) is 4.74 Å². The van der Waals surface area contributed by atoms with Crippen LogP contribution in [0.25, 0.3) is 0 Å². The van der Waals surface area contributed by atoms with Crippen molar-refractivity contribution in [2.24, 2.45) is 5.92 Å². The van der Waals surface area contributed by atoms with Gasteiger partial charge >= 0.3 is 0 Å². The lowest BCUT2D eigenvalue weighted by molar-refractivity contribution is 0.240. The molecule has 2 heteroatoms. The fraction of sp³-hybridized carbons (Fsp3) is 0.625. The zero-order valence-electron chi connectivity index (χ0n) is 11.8. The molecule has 0 aliphatic carbocycles. The number of ether oxygens (including phenoxy) is 1. The second-order valence-electron chi connectivity index (χ2n) is 5.66. The molecule has 0 unspecified atom stereocenters. The Hall–Kier alpha value is -1.02. The highest BCUT2D eigenvalue weighted by Crippen LogP contribution is 2.24. The van der Waals surface area contributed by atoms with Crippen molar-refractivity contribution in [1.82, 2.24) is 5.32 Å². The van der Waals surface area contributed by atoms with Crippen molar-refractivity contribution >= 4 is 0 Å². The lowest BCUT2D eigenvalue weighted by atomic mass is 9.90. The van der Waals surface area contributed by atoms with Gasteiger partial charge in [-0.15, -0.1) is 0 Å². The number of aryl methyl sites for hydroxylation is 1. The molecule has 18 heavy (non-hydrogen) atoms. The van der Waals surface area contributed by atoms with Gasteiger partial charge in [-0.1, -0.05) is 12.1 Å². The average Bonchev–Trinajstić information content (AvgIpc) is 2.33. The molecule has 0 aromatic heterocycles. The van der Waals surface area contributed by atoms with Crippen LogP contribution in [-0.2, 0) is 6.42 Å². The van der Waals surface area contributed by atoms with Gasteiger partial charge in [0.25, 0.3) is 0 Å². The van der Waals surface area contributed by atoms with Crippen molar-refractivity contribution in [2.75, 3.05) is 13.1 Å². The van der Waals surface area contributed by atoms with Gasteiger partial charge in [0.1, 0.15) is 5.75 Å². The maximum Gasteiger partial charge on any atom is 0.122 e. The van der Waals surface area contributed by atoms with E-state index in [1.807, 2.05) is 0 Å². The van der Waals surface area contributed by atoms with Crippen molar-refractivity contribution in [3.8, 4) is 5.75 Å². The predicted molar refractivity (Wildman–Crippen MR) is 76.2 cm³/mol. The summed E-state index contributed by atoms with van der Waals surface area (Å²) in [5, 5.41) is 3.42. The molecule has 1 saturated heterocycles. The van der Waals surface area contributed by atoms with Gasteiger partial charge in [-0.3, -0.25) is 0 Å². The third-order valence-electron chi connectivity index (χ3n) is 3.59. The highest BCUT2D eigenvalue weighted by Gasteiger charge is 2.14. The van der Waals surface area contributed by atoms with E-state index in [1.54, 1.807) is 0 Å². The van der Waals surface area contributed by atoms with Crippen LogP contribution in [-0.4, -0.2) is 19.2 Å². The maximum atomic E-state index is 5.78. The van der Waals surface area contributed by atoms with Crippen LogP contribution in [0.1, 0.15) is 37.8 Å². The van der Waals surface area contributed by atoms with E-state index in [-0.39, 0.29) is 6.10 Å². The zero-order chi connectivity index (χ0) is 13.0. The van der Waals surface area contributed by atoms with Gasteiger partial charge in [0.15, 0.2) is 0 Å². The van der Waals surface area contributed by atoms with Gasteiger partial charge in [0.2, 0.25) is 0 Å². The number of rotatable bonds is 4. The zero-order valence-corrected chi connectivity index (χ0v) is 11.8. The van der Waals surface area contributed by atoms with Crippen molar-refractivity contribution in [3.05, 3.63) is 29.3 Å². The minimum absolute atomic E-state index is 0.249. The van der Waals surface area contributed by atoms with Crippen LogP contribution in [0.15, 0.2) is 18.2 Å². The fourth-order valence-electron chi connectivity index (χ4n) is 2.64. The van der Waals surface area contributed by atoms with Crippen LogP contribution in [0.2, 0.25) is 0 Å². The van der Waals surface area contributed by atoms with E-state index in [0.717, 1.165) is 11.7 Å². The molecule has 1 N–H and O–H groups in total. The molecule has 0 atom stereocenters. The number of nitrogens with one attached hydrogen (secondary N) is 1. The molecule has 1 aliphatic rings. The molecule has 2 rings (SSSR count). The molecule has 0 amide bonds. The van der Waals surface area contributed by atoms with E-state index in [1.165, 1.54) is 43.5 Å². The van der Waals surface area contributed by atoms with Gasteiger partial charge < -0.3 is 10.1 Å². The average molecular weight is 247 g/mol. The molecule has 2 nitrogen and oxygen atoms in total. The first-order valence-electron chi connectivity index (χ1n) is 7.12. The third-order valence-corrected chi connectivity index (χ3v) is 3.59. The van der Waals surface area contributed by atoms with E-state index in [9.17, 15) is 0 Å². The van der Waals surface area contributed by atoms with E-state index in [2.05, 4.69) is 44.3 Å². The lowest BCUT2D eigenvalue weighted by Crippen LogP contribution is -2.28. The van der Waals surface area contributed by atoms with E-state index >= 15 is 0 Å². The van der Waals surface area contributed by atoms with Crippen LogP contribution >= 0.6 is 0 Å². The predicted octanol–water partition coefficient (Wildman–Crippen LogP) is 3.32. The van der Waals surface area contributed by atoms with Gasteiger partial charge in [-0.2, -0.15) is 0 Å². The van der Waals surface area contributed by atoms with Crippen molar-refractivity contribution in [3.63, 3.8) is 0 Å². The number of hydrogen-bond acceptors (Lipinski definition) is 2. The quantitative estimate of drug-likeness (QED) is 0.881. The Labute approximate surface area is 111 Å². The van der Waals surface area contributed by atoms with Crippen molar-refractivity contribution in [2.45, 2.75) is 46.1 Å². The Kier molecular flexibility index (Phi) is 4.65. The topological polar surface area (TPSA) is 21.3 Å². The van der Waals surface area contributed by atoms with Crippen molar-refractivity contribution in [1.29, 1.82) is 0 Å². The van der Waals surface area contributed by atoms with Crippen LogP contribution in [0.3, 0.4) is 0 Å². The minimum Gasteiger partial charge on any atom is -0.491 e. The summed E-state index contributed by atoms with van der Waals surface area (Å²) >= 11 is 0. The second-order valence-corrected chi connectivity index (χ2v) is 5.66. The summed E-state index contributed by atoms with van der Waals surface area (Å²) < 4.78 is 5.78. The minimum atomic E-state index is 0.249. The Bertz CT molecular complexity index is 381. The Morgan fingerprint density at radius 2 is 2.00 bits per heavy atom. The van der Waals surface area contributed by atoms with Gasteiger partial charge in [0.05, 0.1) is 6.10 Å². The van der Waals surface area contributed by atoms with Gasteiger partial charge in [-0.05, 0) is 76.2 Å². The Morgan fingerprint density at radius 1 is 1.28 bits per heavy atom. The normalized spacial score (nSPS) is 17.1. The number of benzene rings is 1. The monoisotopic (exact) mass is 247 g/mol. The molecule has 100 valence electrons. The molecule has 0 saturated carbocycles. The van der Waals surface area contributed by atoms with Crippen LogP contribution in [0.5, 0.6) is 5.75 Å². The van der Waals surface area contributed by atoms with Crippen LogP contribution < -0.4 is 10.1 Å². The number of hydrogen-bond donors (Lipinski definition) is 1. The van der Waals surface area contributed by atoms with Crippen molar-refractivity contribution < 1.29 is 4.74 Å². The summed E-state index contributed by atoms with van der Waals surface area (Å²) in [5.74, 6) is 1.88. The molecule has 1 aromatic carbocycles. The molecule has 1 aromatic rings. The Balaban J connectivity index is 1.99. The molecule has 0 radical (unpaired) electrons.